The van der Waals surface area contributed by atoms with Gasteiger partial charge in [-0.15, -0.1) is 11.8 Å². The molecule has 2 atom stereocenters. The lowest BCUT2D eigenvalue weighted by atomic mass is 10.2. The van der Waals surface area contributed by atoms with Crippen molar-refractivity contribution in [3.63, 3.8) is 0 Å². The molecule has 2 rings (SSSR count). The molecule has 1 saturated heterocycles. The predicted octanol–water partition coefficient (Wildman–Crippen LogP) is 2.69. The van der Waals surface area contributed by atoms with E-state index in [0.717, 1.165) is 32.7 Å². The van der Waals surface area contributed by atoms with Gasteiger partial charge in [-0.1, -0.05) is 12.1 Å². The number of ether oxygens (including phenoxy) is 2. The lowest BCUT2D eigenvalue weighted by Gasteiger charge is -2.13. The second kappa shape index (κ2) is 7.90. The Kier molecular flexibility index (Phi) is 6.17. The zero-order chi connectivity index (χ0) is 13.5. The van der Waals surface area contributed by atoms with E-state index in [9.17, 15) is 0 Å². The van der Waals surface area contributed by atoms with Crippen molar-refractivity contribution in [2.75, 3.05) is 26.9 Å². The Morgan fingerprint density at radius 1 is 1.37 bits per heavy atom. The molecule has 1 aromatic rings. The van der Waals surface area contributed by atoms with Crippen molar-refractivity contribution in [2.45, 2.75) is 36.1 Å². The highest BCUT2D eigenvalue weighted by Gasteiger charge is 2.24. The van der Waals surface area contributed by atoms with Gasteiger partial charge >= 0.3 is 0 Å². The van der Waals surface area contributed by atoms with Gasteiger partial charge in [-0.3, -0.25) is 0 Å². The molecule has 1 aliphatic heterocycles. The number of rotatable bonds is 7. The lowest BCUT2D eigenvalue weighted by molar-refractivity contribution is 0.127. The minimum absolute atomic E-state index is 0.375. The number of nitrogens with one attached hydrogen (secondary N) is 1. The Hall–Kier alpha value is -0.550. The molecule has 106 valence electrons. The summed E-state index contributed by atoms with van der Waals surface area (Å²) in [5.41, 5.74) is 1.32. The fourth-order valence-corrected chi connectivity index (χ4v) is 3.26. The second-order valence-corrected chi connectivity index (χ2v) is 6.15. The van der Waals surface area contributed by atoms with Crippen molar-refractivity contribution in [1.82, 2.24) is 5.32 Å². The molecular formula is C15H23NO2S. The molecule has 0 aliphatic carbocycles. The molecule has 1 N–H and O–H groups in total. The van der Waals surface area contributed by atoms with Crippen LogP contribution in [-0.2, 0) is 16.0 Å². The third-order valence-electron chi connectivity index (χ3n) is 3.33. The zero-order valence-electron chi connectivity index (χ0n) is 11.7. The largest absolute Gasteiger partial charge is 0.383 e. The third kappa shape index (κ3) is 4.80. The number of hydrogen-bond acceptors (Lipinski definition) is 4. The average molecular weight is 281 g/mol. The Morgan fingerprint density at radius 2 is 2.16 bits per heavy atom. The van der Waals surface area contributed by atoms with E-state index in [1.54, 1.807) is 7.11 Å². The van der Waals surface area contributed by atoms with E-state index in [1.807, 2.05) is 11.8 Å². The molecule has 0 aromatic heterocycles. The first-order chi connectivity index (χ1) is 9.29. The molecule has 0 spiro atoms. The zero-order valence-corrected chi connectivity index (χ0v) is 12.5. The van der Waals surface area contributed by atoms with Crippen LogP contribution in [0.2, 0.25) is 0 Å². The van der Waals surface area contributed by atoms with Crippen LogP contribution in [0.1, 0.15) is 18.9 Å². The van der Waals surface area contributed by atoms with Crippen molar-refractivity contribution >= 4 is 11.8 Å². The molecule has 4 heteroatoms. The van der Waals surface area contributed by atoms with Gasteiger partial charge in [0, 0.05) is 37.0 Å². The predicted molar refractivity (Wildman–Crippen MR) is 79.7 cm³/mol. The third-order valence-corrected chi connectivity index (χ3v) is 4.80. The van der Waals surface area contributed by atoms with Gasteiger partial charge in [-0.2, -0.15) is 0 Å². The van der Waals surface area contributed by atoms with Crippen molar-refractivity contribution in [2.24, 2.45) is 0 Å². The summed E-state index contributed by atoms with van der Waals surface area (Å²) in [6.07, 6.45) is 1.53. The van der Waals surface area contributed by atoms with Crippen LogP contribution in [0.3, 0.4) is 0 Å². The van der Waals surface area contributed by atoms with Crippen LogP contribution >= 0.6 is 11.8 Å². The van der Waals surface area contributed by atoms with E-state index >= 15 is 0 Å². The highest BCUT2D eigenvalue weighted by molar-refractivity contribution is 8.00. The van der Waals surface area contributed by atoms with E-state index in [-0.39, 0.29) is 0 Å². The van der Waals surface area contributed by atoms with Crippen LogP contribution in [0.15, 0.2) is 29.2 Å². The van der Waals surface area contributed by atoms with Gasteiger partial charge < -0.3 is 14.8 Å². The normalized spacial score (nSPS) is 22.8. The fourth-order valence-electron chi connectivity index (χ4n) is 2.13. The van der Waals surface area contributed by atoms with E-state index in [2.05, 4.69) is 36.5 Å². The molecule has 1 fully saturated rings. The molecule has 3 nitrogen and oxygen atoms in total. The molecule has 0 bridgehead atoms. The minimum Gasteiger partial charge on any atom is -0.383 e. The highest BCUT2D eigenvalue weighted by atomic mass is 32.2. The Morgan fingerprint density at radius 3 is 2.79 bits per heavy atom. The highest BCUT2D eigenvalue weighted by Crippen LogP contribution is 2.32. The van der Waals surface area contributed by atoms with Crippen LogP contribution in [0.25, 0.3) is 0 Å². The van der Waals surface area contributed by atoms with E-state index in [1.165, 1.54) is 10.5 Å². The van der Waals surface area contributed by atoms with Crippen molar-refractivity contribution in [3.05, 3.63) is 29.8 Å². The molecule has 1 aromatic carbocycles. The summed E-state index contributed by atoms with van der Waals surface area (Å²) in [6.45, 7) is 5.62. The van der Waals surface area contributed by atoms with Gasteiger partial charge in [0.05, 0.1) is 12.7 Å². The molecule has 0 saturated carbocycles. The summed E-state index contributed by atoms with van der Waals surface area (Å²) in [7, 11) is 1.72. The smallest absolute Gasteiger partial charge is 0.0669 e. The van der Waals surface area contributed by atoms with Gasteiger partial charge in [0.1, 0.15) is 0 Å². The van der Waals surface area contributed by atoms with Crippen molar-refractivity contribution in [1.29, 1.82) is 0 Å². The van der Waals surface area contributed by atoms with Crippen molar-refractivity contribution < 1.29 is 9.47 Å². The summed E-state index contributed by atoms with van der Waals surface area (Å²) in [5, 5.41) is 3.95. The first-order valence-corrected chi connectivity index (χ1v) is 7.74. The number of benzene rings is 1. The molecule has 0 amide bonds. The number of hydrogen-bond donors (Lipinski definition) is 1. The van der Waals surface area contributed by atoms with Gasteiger partial charge in [0.15, 0.2) is 0 Å². The Bertz CT molecular complexity index is 369. The number of methoxy groups -OCH3 is 1. The Balaban J connectivity index is 1.77. The Labute approximate surface area is 120 Å². The topological polar surface area (TPSA) is 30.5 Å². The summed E-state index contributed by atoms with van der Waals surface area (Å²) in [4.78, 5) is 1.34. The van der Waals surface area contributed by atoms with Crippen LogP contribution in [0, 0.1) is 0 Å². The first kappa shape index (κ1) is 14.9. The van der Waals surface area contributed by atoms with Crippen LogP contribution in [0.5, 0.6) is 0 Å². The standard InChI is InChI=1S/C15H23NO2S/c1-12-15(7-9-18-12)19-14-5-3-13(4-6-14)11-16-8-10-17-2/h3-6,12,15-16H,7-11H2,1-2H3. The SMILES string of the molecule is COCCNCc1ccc(SC2CCOC2C)cc1. The van der Waals surface area contributed by atoms with Gasteiger partial charge in [0.2, 0.25) is 0 Å². The quantitative estimate of drug-likeness (QED) is 0.779. The van der Waals surface area contributed by atoms with Gasteiger partial charge in [-0.25, -0.2) is 0 Å². The molecule has 0 radical (unpaired) electrons. The van der Waals surface area contributed by atoms with Crippen molar-refractivity contribution in [3.8, 4) is 0 Å². The fraction of sp³-hybridized carbons (Fsp3) is 0.600. The molecule has 1 aliphatic rings. The molecule has 1 heterocycles. The van der Waals surface area contributed by atoms with E-state index in [4.69, 9.17) is 9.47 Å². The summed E-state index contributed by atoms with van der Waals surface area (Å²) in [5.74, 6) is 0. The summed E-state index contributed by atoms with van der Waals surface area (Å²) < 4.78 is 10.6. The summed E-state index contributed by atoms with van der Waals surface area (Å²) >= 11 is 1.93. The van der Waals surface area contributed by atoms with E-state index in [0.29, 0.717) is 11.4 Å². The van der Waals surface area contributed by atoms with Crippen LogP contribution in [-0.4, -0.2) is 38.2 Å². The molecule has 2 unspecified atom stereocenters. The summed E-state index contributed by atoms with van der Waals surface area (Å²) in [6, 6.07) is 8.82. The average Bonchev–Trinajstić information content (AvgIpc) is 2.82. The molecule has 19 heavy (non-hydrogen) atoms. The van der Waals surface area contributed by atoms with Crippen LogP contribution < -0.4 is 5.32 Å². The maximum atomic E-state index is 5.59. The monoisotopic (exact) mass is 281 g/mol. The maximum Gasteiger partial charge on any atom is 0.0669 e. The first-order valence-electron chi connectivity index (χ1n) is 6.86. The van der Waals surface area contributed by atoms with Gasteiger partial charge in [-0.05, 0) is 31.0 Å². The number of thioether (sulfide) groups is 1. The lowest BCUT2D eigenvalue weighted by Crippen LogP contribution is -2.18. The van der Waals surface area contributed by atoms with Crippen LogP contribution in [0.4, 0.5) is 0 Å². The molecular weight excluding hydrogens is 258 g/mol. The maximum absolute atomic E-state index is 5.59. The minimum atomic E-state index is 0.375. The second-order valence-electron chi connectivity index (χ2n) is 4.83. The van der Waals surface area contributed by atoms with Gasteiger partial charge in [0.25, 0.3) is 0 Å². The van der Waals surface area contributed by atoms with E-state index < -0.39 is 0 Å².